The molecule has 0 saturated carbocycles. The number of aliphatic imine (C=N–C) groups is 1. The van der Waals surface area contributed by atoms with Gasteiger partial charge in [-0.25, -0.2) is 0 Å². The summed E-state index contributed by atoms with van der Waals surface area (Å²) in [7, 11) is 0. The third-order valence-electron chi connectivity index (χ3n) is 0.963. The zero-order valence-electron chi connectivity index (χ0n) is 4.76. The Balaban J connectivity index is 2.79. The molecule has 1 rings (SSSR count). The van der Waals surface area contributed by atoms with Crippen LogP contribution in [-0.2, 0) is 9.53 Å². The molecule has 0 aromatic heterocycles. The standard InChI is InChI=1S/C5H6NO2/c1-5(2)4(7)6-3-8-5/h1-2H3/q-1. The summed E-state index contributed by atoms with van der Waals surface area (Å²) in [6.07, 6.45) is 2.14. The van der Waals surface area contributed by atoms with E-state index in [2.05, 4.69) is 16.1 Å². The number of nitrogens with zero attached hydrogens (tertiary/aromatic N) is 1. The van der Waals surface area contributed by atoms with Gasteiger partial charge in [0, 0.05) is 6.40 Å². The number of carbonyl (C=O) groups excluding carboxylic acids is 1. The lowest BCUT2D eigenvalue weighted by atomic mass is 10.1. The predicted molar refractivity (Wildman–Crippen MR) is 27.6 cm³/mol. The third-order valence-corrected chi connectivity index (χ3v) is 0.963. The van der Waals surface area contributed by atoms with Crippen LogP contribution in [0.5, 0.6) is 0 Å². The molecule has 0 spiro atoms. The van der Waals surface area contributed by atoms with Crippen LogP contribution < -0.4 is 0 Å². The normalized spacial score (nSPS) is 23.5. The van der Waals surface area contributed by atoms with Crippen molar-refractivity contribution in [1.82, 2.24) is 0 Å². The van der Waals surface area contributed by atoms with Gasteiger partial charge in [0.15, 0.2) is 0 Å². The highest BCUT2D eigenvalue weighted by Crippen LogP contribution is 2.13. The molecule has 0 N–H and O–H groups in total. The summed E-state index contributed by atoms with van der Waals surface area (Å²) in [4.78, 5) is 13.8. The lowest BCUT2D eigenvalue weighted by Crippen LogP contribution is -2.27. The molecule has 0 saturated heterocycles. The van der Waals surface area contributed by atoms with Crippen LogP contribution in [0.15, 0.2) is 4.99 Å². The summed E-state index contributed by atoms with van der Waals surface area (Å²) in [5.41, 5.74) is -0.764. The van der Waals surface area contributed by atoms with Gasteiger partial charge in [-0.2, -0.15) is 0 Å². The Morgan fingerprint density at radius 1 is 1.75 bits per heavy atom. The Morgan fingerprint density at radius 3 is 2.50 bits per heavy atom. The second-order valence-corrected chi connectivity index (χ2v) is 2.12. The minimum absolute atomic E-state index is 0.266. The van der Waals surface area contributed by atoms with Crippen molar-refractivity contribution in [3.8, 4) is 0 Å². The van der Waals surface area contributed by atoms with E-state index >= 15 is 0 Å². The number of ether oxygens (including phenoxy) is 1. The molecule has 1 heterocycles. The molecular weight excluding hydrogens is 106 g/mol. The van der Waals surface area contributed by atoms with Crippen LogP contribution in [-0.4, -0.2) is 17.9 Å². The quantitative estimate of drug-likeness (QED) is 0.420. The van der Waals surface area contributed by atoms with Crippen LogP contribution in [0, 0.1) is 0 Å². The fourth-order valence-corrected chi connectivity index (χ4v) is 0.357. The van der Waals surface area contributed by atoms with Gasteiger partial charge < -0.3 is 14.5 Å². The zero-order chi connectivity index (χ0) is 6.20. The summed E-state index contributed by atoms with van der Waals surface area (Å²) in [6.45, 7) is 3.30. The van der Waals surface area contributed by atoms with E-state index in [-0.39, 0.29) is 5.91 Å². The lowest BCUT2D eigenvalue weighted by molar-refractivity contribution is -0.127. The van der Waals surface area contributed by atoms with Crippen molar-refractivity contribution in [2.24, 2.45) is 4.99 Å². The van der Waals surface area contributed by atoms with Crippen LogP contribution in [0.1, 0.15) is 13.8 Å². The smallest absolute Gasteiger partial charge is 0.130 e. The highest BCUT2D eigenvalue weighted by Gasteiger charge is 2.21. The van der Waals surface area contributed by atoms with Crippen LogP contribution in [0.2, 0.25) is 0 Å². The molecule has 0 unspecified atom stereocenters. The molecule has 0 bridgehead atoms. The second kappa shape index (κ2) is 1.31. The summed E-state index contributed by atoms with van der Waals surface area (Å²) >= 11 is 0. The van der Waals surface area contributed by atoms with Crippen molar-refractivity contribution >= 4 is 12.3 Å². The molecule has 3 nitrogen and oxygen atoms in total. The SMILES string of the molecule is CC1(C)O[C-]=NC1=O. The van der Waals surface area contributed by atoms with Gasteiger partial charge in [0.1, 0.15) is 5.91 Å². The predicted octanol–water partition coefficient (Wildman–Crippen LogP) is 0.227. The highest BCUT2D eigenvalue weighted by molar-refractivity contribution is 5.94. The van der Waals surface area contributed by atoms with Gasteiger partial charge in [-0.3, -0.25) is 0 Å². The van der Waals surface area contributed by atoms with Gasteiger partial charge in [-0.15, -0.1) is 0 Å². The maximum absolute atomic E-state index is 10.5. The van der Waals surface area contributed by atoms with Crippen molar-refractivity contribution in [2.45, 2.75) is 19.4 Å². The van der Waals surface area contributed by atoms with Crippen LogP contribution in [0.25, 0.3) is 0 Å². The maximum atomic E-state index is 10.5. The van der Waals surface area contributed by atoms with E-state index in [1.165, 1.54) is 0 Å². The fourth-order valence-electron chi connectivity index (χ4n) is 0.357. The lowest BCUT2D eigenvalue weighted by Gasteiger charge is -2.20. The number of rotatable bonds is 0. The molecule has 44 valence electrons. The molecule has 0 radical (unpaired) electrons. The van der Waals surface area contributed by atoms with Crippen LogP contribution in [0.4, 0.5) is 0 Å². The third kappa shape index (κ3) is 0.598. The second-order valence-electron chi connectivity index (χ2n) is 2.12. The Labute approximate surface area is 47.4 Å². The van der Waals surface area contributed by atoms with E-state index in [1.807, 2.05) is 0 Å². The van der Waals surface area contributed by atoms with E-state index in [0.29, 0.717) is 0 Å². The van der Waals surface area contributed by atoms with Crippen molar-refractivity contribution in [3.63, 3.8) is 0 Å². The van der Waals surface area contributed by atoms with Crippen LogP contribution in [0.3, 0.4) is 0 Å². The van der Waals surface area contributed by atoms with Gasteiger partial charge in [0.05, 0.1) is 5.60 Å². The van der Waals surface area contributed by atoms with Gasteiger partial charge in [0.25, 0.3) is 0 Å². The number of carbonyl (C=O) groups is 1. The summed E-state index contributed by atoms with van der Waals surface area (Å²) in [5.74, 6) is -0.266. The van der Waals surface area contributed by atoms with Crippen LogP contribution >= 0.6 is 0 Å². The number of hydrogen-bond donors (Lipinski definition) is 0. The largest absolute Gasteiger partial charge is 0.575 e. The first-order chi connectivity index (χ1) is 3.63. The van der Waals surface area contributed by atoms with E-state index in [9.17, 15) is 4.79 Å². The zero-order valence-corrected chi connectivity index (χ0v) is 4.76. The van der Waals surface area contributed by atoms with E-state index in [4.69, 9.17) is 0 Å². The fraction of sp³-hybridized carbons (Fsp3) is 0.600. The molecule has 1 aliphatic heterocycles. The average molecular weight is 112 g/mol. The Hall–Kier alpha value is -0.860. The first-order valence-electron chi connectivity index (χ1n) is 2.31. The first kappa shape index (κ1) is 5.28. The van der Waals surface area contributed by atoms with E-state index < -0.39 is 5.60 Å². The van der Waals surface area contributed by atoms with Gasteiger partial charge in [-0.1, -0.05) is 0 Å². The molecule has 0 aromatic rings. The molecule has 0 atom stereocenters. The van der Waals surface area contributed by atoms with Crippen molar-refractivity contribution in [2.75, 3.05) is 0 Å². The molecular formula is C5H6NO2-. The Morgan fingerprint density at radius 2 is 2.38 bits per heavy atom. The topological polar surface area (TPSA) is 38.7 Å². The van der Waals surface area contributed by atoms with Gasteiger partial charge >= 0.3 is 0 Å². The minimum atomic E-state index is -0.764. The molecule has 0 aromatic carbocycles. The summed E-state index contributed by atoms with van der Waals surface area (Å²) in [5, 5.41) is 0. The average Bonchev–Trinajstić information content (AvgIpc) is 1.86. The molecule has 1 aliphatic rings. The molecule has 3 heteroatoms. The van der Waals surface area contributed by atoms with Crippen molar-refractivity contribution in [3.05, 3.63) is 0 Å². The summed E-state index contributed by atoms with van der Waals surface area (Å²) < 4.78 is 4.69. The first-order valence-corrected chi connectivity index (χ1v) is 2.31. The monoisotopic (exact) mass is 112 g/mol. The van der Waals surface area contributed by atoms with Gasteiger partial charge in [0.2, 0.25) is 0 Å². The van der Waals surface area contributed by atoms with Gasteiger partial charge in [-0.05, 0) is 13.8 Å². The van der Waals surface area contributed by atoms with Crippen molar-refractivity contribution < 1.29 is 9.53 Å². The maximum Gasteiger partial charge on any atom is 0.130 e. The Kier molecular flexibility index (Phi) is 0.863. The number of amides is 1. The van der Waals surface area contributed by atoms with Crippen molar-refractivity contribution in [1.29, 1.82) is 0 Å². The Bertz CT molecular complexity index is 149. The highest BCUT2D eigenvalue weighted by atomic mass is 16.5. The molecule has 0 aliphatic carbocycles. The van der Waals surface area contributed by atoms with E-state index in [0.717, 1.165) is 0 Å². The molecule has 0 fully saturated rings. The minimum Gasteiger partial charge on any atom is -0.575 e. The number of hydrogen-bond acceptors (Lipinski definition) is 2. The van der Waals surface area contributed by atoms with E-state index in [1.54, 1.807) is 13.8 Å². The summed E-state index contributed by atoms with van der Waals surface area (Å²) in [6, 6.07) is 0. The molecule has 8 heavy (non-hydrogen) atoms. The molecule has 1 amide bonds.